The third-order valence-electron chi connectivity index (χ3n) is 2.88. The first-order chi connectivity index (χ1) is 9.61. The minimum Gasteiger partial charge on any atom is -0.361 e. The summed E-state index contributed by atoms with van der Waals surface area (Å²) in [5, 5.41) is 6.20. The van der Waals surface area contributed by atoms with Crippen LogP contribution in [-0.2, 0) is 4.79 Å². The SMILES string of the molecule is Cc1onc(C(=O)N/C(C=O)=C/c2ccccc2)c1C. The normalized spacial score (nSPS) is 11.2. The van der Waals surface area contributed by atoms with E-state index in [4.69, 9.17) is 4.52 Å². The predicted molar refractivity (Wildman–Crippen MR) is 73.9 cm³/mol. The van der Waals surface area contributed by atoms with Crippen molar-refractivity contribution in [3.05, 3.63) is 58.6 Å². The topological polar surface area (TPSA) is 72.2 Å². The molecule has 0 atom stereocenters. The van der Waals surface area contributed by atoms with Crippen LogP contribution in [0.4, 0.5) is 0 Å². The number of allylic oxidation sites excluding steroid dienone is 1. The maximum Gasteiger partial charge on any atom is 0.278 e. The van der Waals surface area contributed by atoms with Gasteiger partial charge in [-0.05, 0) is 25.5 Å². The van der Waals surface area contributed by atoms with Gasteiger partial charge in [0.1, 0.15) is 5.76 Å². The summed E-state index contributed by atoms with van der Waals surface area (Å²) in [6.07, 6.45) is 2.18. The van der Waals surface area contributed by atoms with Crippen molar-refractivity contribution in [1.82, 2.24) is 10.5 Å². The average molecular weight is 270 g/mol. The van der Waals surface area contributed by atoms with Crippen molar-refractivity contribution in [2.45, 2.75) is 13.8 Å². The van der Waals surface area contributed by atoms with E-state index in [-0.39, 0.29) is 11.4 Å². The number of amides is 1. The number of carbonyl (C=O) groups is 2. The van der Waals surface area contributed by atoms with Crippen LogP contribution in [0.5, 0.6) is 0 Å². The van der Waals surface area contributed by atoms with Gasteiger partial charge >= 0.3 is 0 Å². The van der Waals surface area contributed by atoms with Crippen LogP contribution in [0.2, 0.25) is 0 Å². The molecule has 102 valence electrons. The lowest BCUT2D eigenvalue weighted by molar-refractivity contribution is -0.105. The number of aryl methyl sites for hydroxylation is 1. The summed E-state index contributed by atoms with van der Waals surface area (Å²) in [6.45, 7) is 3.46. The van der Waals surface area contributed by atoms with E-state index in [0.717, 1.165) is 5.56 Å². The van der Waals surface area contributed by atoms with Crippen LogP contribution < -0.4 is 5.32 Å². The Morgan fingerprint density at radius 1 is 1.25 bits per heavy atom. The first-order valence-corrected chi connectivity index (χ1v) is 6.08. The van der Waals surface area contributed by atoms with Gasteiger partial charge in [0.25, 0.3) is 5.91 Å². The van der Waals surface area contributed by atoms with Gasteiger partial charge in [-0.3, -0.25) is 9.59 Å². The van der Waals surface area contributed by atoms with Crippen LogP contribution in [0.1, 0.15) is 27.4 Å². The van der Waals surface area contributed by atoms with Crippen molar-refractivity contribution < 1.29 is 14.1 Å². The third kappa shape index (κ3) is 3.00. The molecule has 0 aliphatic carbocycles. The summed E-state index contributed by atoms with van der Waals surface area (Å²) in [5.41, 5.74) is 1.83. The lowest BCUT2D eigenvalue weighted by atomic mass is 10.2. The van der Waals surface area contributed by atoms with Crippen molar-refractivity contribution in [1.29, 1.82) is 0 Å². The second-order valence-corrected chi connectivity index (χ2v) is 4.29. The Hall–Kier alpha value is -2.69. The van der Waals surface area contributed by atoms with E-state index in [0.29, 0.717) is 17.6 Å². The van der Waals surface area contributed by atoms with Gasteiger partial charge in [0.05, 0.1) is 5.70 Å². The highest BCUT2D eigenvalue weighted by Gasteiger charge is 2.17. The van der Waals surface area contributed by atoms with E-state index in [2.05, 4.69) is 10.5 Å². The molecule has 2 rings (SSSR count). The zero-order valence-electron chi connectivity index (χ0n) is 11.2. The minimum atomic E-state index is -0.464. The Kier molecular flexibility index (Phi) is 4.10. The summed E-state index contributed by atoms with van der Waals surface area (Å²) in [4.78, 5) is 23.0. The molecule has 1 heterocycles. The third-order valence-corrected chi connectivity index (χ3v) is 2.88. The summed E-state index contributed by atoms with van der Waals surface area (Å²) in [6, 6.07) is 9.24. The molecule has 1 aromatic heterocycles. The van der Waals surface area contributed by atoms with Crippen molar-refractivity contribution in [2.75, 3.05) is 0 Å². The average Bonchev–Trinajstić information content (AvgIpc) is 2.79. The van der Waals surface area contributed by atoms with Crippen LogP contribution in [0.25, 0.3) is 6.08 Å². The monoisotopic (exact) mass is 270 g/mol. The second kappa shape index (κ2) is 5.97. The molecule has 0 bridgehead atoms. The van der Waals surface area contributed by atoms with Crippen LogP contribution in [0, 0.1) is 13.8 Å². The molecule has 20 heavy (non-hydrogen) atoms. The Morgan fingerprint density at radius 2 is 1.95 bits per heavy atom. The highest BCUT2D eigenvalue weighted by molar-refractivity contribution is 5.99. The molecule has 2 aromatic rings. The maximum absolute atomic E-state index is 12.0. The number of aldehydes is 1. The standard InChI is InChI=1S/C15H14N2O3/c1-10-11(2)20-17-14(10)15(19)16-13(9-18)8-12-6-4-3-5-7-12/h3-9H,1-2H3,(H,16,19)/b13-8+. The smallest absolute Gasteiger partial charge is 0.278 e. The van der Waals surface area contributed by atoms with E-state index in [1.54, 1.807) is 19.9 Å². The molecule has 0 aliphatic rings. The molecule has 0 saturated heterocycles. The molecule has 0 radical (unpaired) electrons. The van der Waals surface area contributed by atoms with Crippen molar-refractivity contribution in [3.63, 3.8) is 0 Å². The number of nitrogens with zero attached hydrogens (tertiary/aromatic N) is 1. The van der Waals surface area contributed by atoms with Crippen LogP contribution in [-0.4, -0.2) is 17.4 Å². The molecule has 0 spiro atoms. The summed E-state index contributed by atoms with van der Waals surface area (Å²) in [5.74, 6) is 0.114. The van der Waals surface area contributed by atoms with E-state index in [9.17, 15) is 9.59 Å². The van der Waals surface area contributed by atoms with E-state index >= 15 is 0 Å². The highest BCUT2D eigenvalue weighted by atomic mass is 16.5. The molecule has 5 heteroatoms. The number of rotatable bonds is 4. The highest BCUT2D eigenvalue weighted by Crippen LogP contribution is 2.12. The molecular formula is C15H14N2O3. The van der Waals surface area contributed by atoms with Gasteiger partial charge in [0, 0.05) is 5.56 Å². The summed E-state index contributed by atoms with van der Waals surface area (Å²) in [7, 11) is 0. The number of nitrogens with one attached hydrogen (secondary N) is 1. The van der Waals surface area contributed by atoms with Crippen LogP contribution in [0.3, 0.4) is 0 Å². The predicted octanol–water partition coefficient (Wildman–Crippen LogP) is 2.26. The van der Waals surface area contributed by atoms with Crippen molar-refractivity contribution in [2.24, 2.45) is 0 Å². The molecule has 1 N–H and O–H groups in total. The first-order valence-electron chi connectivity index (χ1n) is 6.08. The Morgan fingerprint density at radius 3 is 2.50 bits per heavy atom. The quantitative estimate of drug-likeness (QED) is 0.683. The summed E-state index contributed by atoms with van der Waals surface area (Å²) >= 11 is 0. The zero-order chi connectivity index (χ0) is 14.5. The molecule has 0 fully saturated rings. The fraction of sp³-hybridized carbons (Fsp3) is 0.133. The molecule has 1 aromatic carbocycles. The Balaban J connectivity index is 2.19. The number of carbonyl (C=O) groups excluding carboxylic acids is 2. The maximum atomic E-state index is 12.0. The fourth-order valence-corrected chi connectivity index (χ4v) is 1.65. The van der Waals surface area contributed by atoms with Gasteiger partial charge in [-0.25, -0.2) is 0 Å². The molecule has 0 saturated carbocycles. The van der Waals surface area contributed by atoms with Gasteiger partial charge in [0.15, 0.2) is 12.0 Å². The Labute approximate surface area is 116 Å². The van der Waals surface area contributed by atoms with Gasteiger partial charge in [-0.1, -0.05) is 35.5 Å². The Bertz CT molecular complexity index is 657. The van der Waals surface area contributed by atoms with E-state index in [1.807, 2.05) is 30.3 Å². The second-order valence-electron chi connectivity index (χ2n) is 4.29. The summed E-state index contributed by atoms with van der Waals surface area (Å²) < 4.78 is 4.93. The fourth-order valence-electron chi connectivity index (χ4n) is 1.65. The number of hydrogen-bond acceptors (Lipinski definition) is 4. The molecule has 0 aliphatic heterocycles. The van der Waals surface area contributed by atoms with Crippen molar-refractivity contribution in [3.8, 4) is 0 Å². The van der Waals surface area contributed by atoms with E-state index in [1.165, 1.54) is 0 Å². The first kappa shape index (κ1) is 13.7. The molecule has 0 unspecified atom stereocenters. The van der Waals surface area contributed by atoms with E-state index < -0.39 is 5.91 Å². The molecular weight excluding hydrogens is 256 g/mol. The van der Waals surface area contributed by atoms with Gasteiger partial charge in [-0.2, -0.15) is 0 Å². The number of aromatic nitrogens is 1. The molecule has 5 nitrogen and oxygen atoms in total. The lowest BCUT2D eigenvalue weighted by Gasteiger charge is -2.02. The lowest BCUT2D eigenvalue weighted by Crippen LogP contribution is -2.24. The van der Waals surface area contributed by atoms with Crippen LogP contribution in [0.15, 0.2) is 40.6 Å². The van der Waals surface area contributed by atoms with Gasteiger partial charge < -0.3 is 9.84 Å². The largest absolute Gasteiger partial charge is 0.361 e. The van der Waals surface area contributed by atoms with Crippen LogP contribution >= 0.6 is 0 Å². The van der Waals surface area contributed by atoms with Gasteiger partial charge in [-0.15, -0.1) is 0 Å². The van der Waals surface area contributed by atoms with Gasteiger partial charge in [0.2, 0.25) is 0 Å². The number of benzene rings is 1. The zero-order valence-corrected chi connectivity index (χ0v) is 11.2. The minimum absolute atomic E-state index is 0.168. The number of hydrogen-bond donors (Lipinski definition) is 1. The molecule has 1 amide bonds. The van der Waals surface area contributed by atoms with Crippen molar-refractivity contribution >= 4 is 18.3 Å².